The van der Waals surface area contributed by atoms with E-state index < -0.39 is 35.1 Å². The maximum atomic E-state index is 11.4. The van der Waals surface area contributed by atoms with Gasteiger partial charge in [-0.1, -0.05) is 0 Å². The lowest BCUT2D eigenvalue weighted by molar-refractivity contribution is -0.146. The van der Waals surface area contributed by atoms with Gasteiger partial charge in [-0.15, -0.1) is 0 Å². The Morgan fingerprint density at radius 1 is 1.29 bits per heavy atom. The molecule has 1 fully saturated rings. The third-order valence-corrected chi connectivity index (χ3v) is 2.36. The second kappa shape index (κ2) is 3.90. The van der Waals surface area contributed by atoms with Crippen molar-refractivity contribution < 1.29 is 29.3 Å². The van der Waals surface area contributed by atoms with Gasteiger partial charge in [-0.2, -0.15) is 0 Å². The fourth-order valence-corrected chi connectivity index (χ4v) is 1.47. The van der Waals surface area contributed by atoms with Gasteiger partial charge in [-0.25, -0.2) is 9.59 Å². The molecule has 0 spiro atoms. The molecule has 0 heterocycles. The smallest absolute Gasteiger partial charge is 0.408 e. The van der Waals surface area contributed by atoms with E-state index in [9.17, 15) is 14.4 Å². The zero-order valence-electron chi connectivity index (χ0n) is 9.81. The Bertz CT molecular complexity index is 371. The van der Waals surface area contributed by atoms with E-state index >= 15 is 0 Å². The fourth-order valence-electron chi connectivity index (χ4n) is 1.47. The Hall–Kier alpha value is -1.79. The summed E-state index contributed by atoms with van der Waals surface area (Å²) < 4.78 is 4.89. The highest BCUT2D eigenvalue weighted by Gasteiger charge is 2.66. The van der Waals surface area contributed by atoms with Gasteiger partial charge in [-0.3, -0.25) is 4.79 Å². The van der Waals surface area contributed by atoms with E-state index in [1.807, 2.05) is 0 Å². The summed E-state index contributed by atoms with van der Waals surface area (Å²) in [5.41, 5.74) is -2.49. The molecule has 1 amide bonds. The summed E-state index contributed by atoms with van der Waals surface area (Å²) in [6, 6.07) is 0. The number of aliphatic carboxylic acids is 2. The number of amides is 1. The zero-order chi connectivity index (χ0) is 13.4. The Balaban J connectivity index is 2.69. The van der Waals surface area contributed by atoms with Crippen LogP contribution >= 0.6 is 0 Å². The van der Waals surface area contributed by atoms with Crippen molar-refractivity contribution in [3.8, 4) is 0 Å². The predicted octanol–water partition coefficient (Wildman–Crippen LogP) is 0.439. The molecular weight excluding hydrogens is 230 g/mol. The molecule has 1 rings (SSSR count). The van der Waals surface area contributed by atoms with Crippen LogP contribution in [0.3, 0.4) is 0 Å². The molecule has 0 radical (unpaired) electrons. The van der Waals surface area contributed by atoms with Crippen LogP contribution in [-0.4, -0.2) is 39.4 Å². The number of carboxylic acids is 2. The monoisotopic (exact) mass is 245 g/mol. The molecular formula is C10H15NO6. The van der Waals surface area contributed by atoms with Crippen molar-refractivity contribution in [1.82, 2.24) is 5.32 Å². The standard InChI is InChI=1S/C10H15NO6/c1-9(2,3)17-8(16)11-10(7(14)15)4-5(10)6(12)13/h5H,4H2,1-3H3,(H,11,16)(H,12,13)(H,14,15)/t5-,10-/m1/s1. The summed E-state index contributed by atoms with van der Waals surface area (Å²) >= 11 is 0. The topological polar surface area (TPSA) is 113 Å². The molecule has 0 aromatic rings. The molecule has 96 valence electrons. The van der Waals surface area contributed by atoms with Crippen molar-refractivity contribution in [2.24, 2.45) is 5.92 Å². The van der Waals surface area contributed by atoms with Crippen LogP contribution in [0.4, 0.5) is 4.79 Å². The number of nitrogens with one attached hydrogen (secondary N) is 1. The maximum absolute atomic E-state index is 11.4. The Morgan fingerprint density at radius 3 is 2.12 bits per heavy atom. The maximum Gasteiger partial charge on any atom is 0.408 e. The van der Waals surface area contributed by atoms with Gasteiger partial charge in [0.1, 0.15) is 5.60 Å². The summed E-state index contributed by atoms with van der Waals surface area (Å²) in [6.45, 7) is 4.88. The third kappa shape index (κ3) is 2.86. The average molecular weight is 245 g/mol. The van der Waals surface area contributed by atoms with Crippen LogP contribution in [0.1, 0.15) is 27.2 Å². The lowest BCUT2D eigenvalue weighted by Crippen LogP contribution is -2.47. The number of carbonyl (C=O) groups excluding carboxylic acids is 1. The van der Waals surface area contributed by atoms with E-state index in [1.54, 1.807) is 20.8 Å². The van der Waals surface area contributed by atoms with Gasteiger partial charge in [0, 0.05) is 0 Å². The van der Waals surface area contributed by atoms with Crippen molar-refractivity contribution in [2.45, 2.75) is 38.3 Å². The van der Waals surface area contributed by atoms with Crippen LogP contribution in [0.25, 0.3) is 0 Å². The molecule has 2 atom stereocenters. The van der Waals surface area contributed by atoms with E-state index in [4.69, 9.17) is 14.9 Å². The van der Waals surface area contributed by atoms with Crippen LogP contribution in [0.15, 0.2) is 0 Å². The quantitative estimate of drug-likeness (QED) is 0.664. The highest BCUT2D eigenvalue weighted by Crippen LogP contribution is 2.44. The second-order valence-electron chi connectivity index (χ2n) is 5.00. The van der Waals surface area contributed by atoms with E-state index in [0.29, 0.717) is 0 Å². The van der Waals surface area contributed by atoms with Gasteiger partial charge < -0.3 is 20.3 Å². The van der Waals surface area contributed by atoms with Crippen LogP contribution in [0.5, 0.6) is 0 Å². The van der Waals surface area contributed by atoms with Crippen LogP contribution < -0.4 is 5.32 Å². The molecule has 3 N–H and O–H groups in total. The van der Waals surface area contributed by atoms with E-state index in [0.717, 1.165) is 0 Å². The number of alkyl carbamates (subject to hydrolysis) is 1. The first-order valence-corrected chi connectivity index (χ1v) is 5.06. The van der Waals surface area contributed by atoms with E-state index in [1.165, 1.54) is 0 Å². The SMILES string of the molecule is CC(C)(C)OC(=O)N[C@]1(C(=O)O)C[C@@H]1C(=O)O. The van der Waals surface area contributed by atoms with Crippen molar-refractivity contribution >= 4 is 18.0 Å². The minimum absolute atomic E-state index is 0.128. The minimum Gasteiger partial charge on any atom is -0.481 e. The Labute approximate surface area is 97.8 Å². The molecule has 0 aromatic heterocycles. The zero-order valence-corrected chi connectivity index (χ0v) is 9.81. The van der Waals surface area contributed by atoms with Crippen LogP contribution in [0, 0.1) is 5.92 Å². The summed E-state index contributed by atoms with van der Waals surface area (Å²) in [6.07, 6.45) is -1.06. The summed E-state index contributed by atoms with van der Waals surface area (Å²) in [5, 5.41) is 19.8. The second-order valence-corrected chi connectivity index (χ2v) is 5.00. The van der Waals surface area contributed by atoms with Gasteiger partial charge >= 0.3 is 18.0 Å². The first-order chi connectivity index (χ1) is 7.58. The largest absolute Gasteiger partial charge is 0.481 e. The highest BCUT2D eigenvalue weighted by molar-refractivity contribution is 5.96. The molecule has 7 heteroatoms. The molecule has 1 aliphatic carbocycles. The number of ether oxygens (including phenoxy) is 1. The van der Waals surface area contributed by atoms with Gasteiger partial charge in [-0.05, 0) is 27.2 Å². The third-order valence-electron chi connectivity index (χ3n) is 2.36. The summed E-state index contributed by atoms with van der Waals surface area (Å²) in [4.78, 5) is 33.1. The van der Waals surface area contributed by atoms with Crippen molar-refractivity contribution in [3.05, 3.63) is 0 Å². The van der Waals surface area contributed by atoms with E-state index in [2.05, 4.69) is 5.32 Å². The fraction of sp³-hybridized carbons (Fsp3) is 0.700. The first kappa shape index (κ1) is 13.3. The van der Waals surface area contributed by atoms with Crippen molar-refractivity contribution in [1.29, 1.82) is 0 Å². The lowest BCUT2D eigenvalue weighted by atomic mass is 10.2. The molecule has 0 saturated heterocycles. The van der Waals surface area contributed by atoms with Gasteiger partial charge in [0.05, 0.1) is 5.92 Å². The average Bonchev–Trinajstić information content (AvgIpc) is 2.76. The molecule has 0 aromatic carbocycles. The number of hydrogen-bond donors (Lipinski definition) is 3. The summed E-state index contributed by atoms with van der Waals surface area (Å²) in [7, 11) is 0. The lowest BCUT2D eigenvalue weighted by Gasteiger charge is -2.22. The minimum atomic E-state index is -1.73. The number of rotatable bonds is 3. The van der Waals surface area contributed by atoms with Gasteiger partial charge in [0.15, 0.2) is 5.54 Å². The van der Waals surface area contributed by atoms with Gasteiger partial charge in [0.2, 0.25) is 0 Å². The normalized spacial score (nSPS) is 27.1. The highest BCUT2D eigenvalue weighted by atomic mass is 16.6. The molecule has 0 bridgehead atoms. The predicted molar refractivity (Wildman–Crippen MR) is 55.5 cm³/mol. The van der Waals surface area contributed by atoms with Crippen LogP contribution in [0.2, 0.25) is 0 Å². The summed E-state index contributed by atoms with van der Waals surface area (Å²) in [5.74, 6) is -3.72. The first-order valence-electron chi connectivity index (χ1n) is 5.06. The number of carbonyl (C=O) groups is 3. The molecule has 0 unspecified atom stereocenters. The number of carboxylic acid groups (broad SMARTS) is 2. The van der Waals surface area contributed by atoms with Gasteiger partial charge in [0.25, 0.3) is 0 Å². The van der Waals surface area contributed by atoms with Crippen molar-refractivity contribution in [3.63, 3.8) is 0 Å². The van der Waals surface area contributed by atoms with Crippen LogP contribution in [-0.2, 0) is 14.3 Å². The molecule has 1 aliphatic rings. The number of hydrogen-bond acceptors (Lipinski definition) is 4. The molecule has 17 heavy (non-hydrogen) atoms. The van der Waals surface area contributed by atoms with E-state index in [-0.39, 0.29) is 6.42 Å². The van der Waals surface area contributed by atoms with Crippen molar-refractivity contribution in [2.75, 3.05) is 0 Å². The Kier molecular flexibility index (Phi) is 3.05. The molecule has 7 nitrogen and oxygen atoms in total. The Morgan fingerprint density at radius 2 is 1.82 bits per heavy atom. The molecule has 1 saturated carbocycles. The molecule has 0 aliphatic heterocycles.